The van der Waals surface area contributed by atoms with Crippen LogP contribution in [-0.4, -0.2) is 23.4 Å². The molecule has 0 bridgehead atoms. The molecule has 1 aliphatic heterocycles. The van der Waals surface area contributed by atoms with Gasteiger partial charge in [-0.25, -0.2) is 0 Å². The fourth-order valence-corrected chi connectivity index (χ4v) is 10.7. The molecule has 0 radical (unpaired) electrons. The van der Waals surface area contributed by atoms with Gasteiger partial charge in [0.1, 0.15) is 0 Å². The fourth-order valence-electron chi connectivity index (χ4n) is 10.7. The lowest BCUT2D eigenvalue weighted by atomic mass is 9.43. The van der Waals surface area contributed by atoms with Gasteiger partial charge in [-0.15, -0.1) is 0 Å². The SMILES string of the molecule is C/C=C1/C(O)CCC23CC24CCC2(C)[C@H]5CCC(CC#N)OC5C[C@@]2(C)C4CC[C@@H]13. The third kappa shape index (κ3) is 2.09. The summed E-state index contributed by atoms with van der Waals surface area (Å²) < 4.78 is 6.59. The average Bonchev–Trinajstić information content (AvgIpc) is 3.33. The van der Waals surface area contributed by atoms with Crippen molar-refractivity contribution >= 4 is 0 Å². The van der Waals surface area contributed by atoms with Crippen LogP contribution in [0.2, 0.25) is 0 Å². The van der Waals surface area contributed by atoms with Crippen molar-refractivity contribution < 1.29 is 9.84 Å². The van der Waals surface area contributed by atoms with Crippen LogP contribution in [0.25, 0.3) is 0 Å². The molecule has 30 heavy (non-hydrogen) atoms. The van der Waals surface area contributed by atoms with Gasteiger partial charge in [0, 0.05) is 0 Å². The monoisotopic (exact) mass is 409 g/mol. The third-order valence-corrected chi connectivity index (χ3v) is 12.1. The molecule has 0 amide bonds. The zero-order valence-electron chi connectivity index (χ0n) is 19.1. The summed E-state index contributed by atoms with van der Waals surface area (Å²) in [4.78, 5) is 0. The molecule has 6 fully saturated rings. The van der Waals surface area contributed by atoms with Crippen LogP contribution < -0.4 is 0 Å². The smallest absolute Gasteiger partial charge is 0.0753 e. The molecule has 0 aromatic carbocycles. The highest BCUT2D eigenvalue weighted by atomic mass is 16.5. The summed E-state index contributed by atoms with van der Waals surface area (Å²) in [5, 5.41) is 19.9. The molecule has 164 valence electrons. The number of nitrogens with zero attached hydrogens (tertiary/aromatic N) is 1. The summed E-state index contributed by atoms with van der Waals surface area (Å²) in [6.07, 6.45) is 15.7. The topological polar surface area (TPSA) is 53.2 Å². The van der Waals surface area contributed by atoms with E-state index in [1.54, 1.807) is 0 Å². The van der Waals surface area contributed by atoms with Gasteiger partial charge in [0.15, 0.2) is 0 Å². The molecule has 5 saturated carbocycles. The lowest BCUT2D eigenvalue weighted by molar-refractivity contribution is -0.128. The molecule has 0 aromatic heterocycles. The molecule has 3 nitrogen and oxygen atoms in total. The molecule has 10 atom stereocenters. The van der Waals surface area contributed by atoms with Crippen LogP contribution in [-0.2, 0) is 4.74 Å². The summed E-state index contributed by atoms with van der Waals surface area (Å²) in [7, 11) is 0. The van der Waals surface area contributed by atoms with Gasteiger partial charge in [-0.3, -0.25) is 0 Å². The van der Waals surface area contributed by atoms with Crippen molar-refractivity contribution in [3.63, 3.8) is 0 Å². The second kappa shape index (κ2) is 6.14. The van der Waals surface area contributed by atoms with Crippen molar-refractivity contribution in [2.75, 3.05) is 0 Å². The molecule has 0 aromatic rings. The Labute approximate surface area is 182 Å². The van der Waals surface area contributed by atoms with Crippen LogP contribution in [0.3, 0.4) is 0 Å². The van der Waals surface area contributed by atoms with Gasteiger partial charge < -0.3 is 9.84 Å². The molecule has 3 heteroatoms. The number of allylic oxidation sites excluding steroid dienone is 1. The van der Waals surface area contributed by atoms with E-state index < -0.39 is 0 Å². The van der Waals surface area contributed by atoms with Crippen molar-refractivity contribution in [3.05, 3.63) is 11.6 Å². The van der Waals surface area contributed by atoms with E-state index in [4.69, 9.17) is 4.74 Å². The molecule has 6 rings (SSSR count). The minimum atomic E-state index is -0.191. The van der Waals surface area contributed by atoms with Crippen LogP contribution in [0.15, 0.2) is 11.6 Å². The molecular weight excluding hydrogens is 370 g/mol. The van der Waals surface area contributed by atoms with Gasteiger partial charge in [0.25, 0.3) is 0 Å². The van der Waals surface area contributed by atoms with Crippen molar-refractivity contribution in [2.45, 2.75) is 110 Å². The van der Waals surface area contributed by atoms with Crippen molar-refractivity contribution in [1.29, 1.82) is 5.26 Å². The number of rotatable bonds is 1. The first-order valence-corrected chi connectivity index (χ1v) is 12.7. The first kappa shape index (κ1) is 19.8. The van der Waals surface area contributed by atoms with Crippen LogP contribution >= 0.6 is 0 Å². The molecular formula is C27H39NO2. The highest BCUT2D eigenvalue weighted by Crippen LogP contribution is 2.88. The Hall–Kier alpha value is -0.850. The lowest BCUT2D eigenvalue weighted by Gasteiger charge is -2.61. The van der Waals surface area contributed by atoms with E-state index in [1.807, 2.05) is 0 Å². The average molecular weight is 410 g/mol. The number of aliphatic hydroxyl groups is 1. The second-order valence-corrected chi connectivity index (χ2v) is 12.4. The first-order valence-electron chi connectivity index (χ1n) is 12.7. The summed E-state index contributed by atoms with van der Waals surface area (Å²) in [6, 6.07) is 2.35. The number of nitriles is 1. The van der Waals surface area contributed by atoms with Gasteiger partial charge in [-0.05, 0) is 116 Å². The minimum Gasteiger partial charge on any atom is -0.389 e. The van der Waals surface area contributed by atoms with Crippen LogP contribution in [0, 0.1) is 50.7 Å². The molecule has 1 N–H and O–H groups in total. The largest absolute Gasteiger partial charge is 0.389 e. The molecule has 1 saturated heterocycles. The minimum absolute atomic E-state index is 0.164. The normalized spacial score (nSPS) is 59.9. The first-order chi connectivity index (χ1) is 14.4. The molecule has 6 aliphatic rings. The van der Waals surface area contributed by atoms with Crippen molar-refractivity contribution in [3.8, 4) is 6.07 Å². The molecule has 5 aliphatic carbocycles. The van der Waals surface area contributed by atoms with Gasteiger partial charge in [-0.2, -0.15) is 5.26 Å². The summed E-state index contributed by atoms with van der Waals surface area (Å²) in [5.74, 6) is 2.13. The molecule has 7 unspecified atom stereocenters. The maximum Gasteiger partial charge on any atom is 0.0753 e. The standard InChI is InChI=1S/C27H39NO2/c1-4-18-19-7-8-23-25(3)15-22-20(6-5-17(30-22)10-14-28)24(25,2)12-13-27(23)16-26(19,27)11-9-21(18)29/h4,17,19-23,29H,5-13,15-16H2,1-3H3/b18-4+/t17?,19-,20-,21?,22?,23?,24?,25-,26?,27?/m0/s1. The maximum absolute atomic E-state index is 10.7. The highest BCUT2D eigenvalue weighted by molar-refractivity contribution is 5.35. The van der Waals surface area contributed by atoms with E-state index in [0.717, 1.165) is 18.8 Å². The summed E-state index contributed by atoms with van der Waals surface area (Å²) >= 11 is 0. The molecule has 1 heterocycles. The Balaban J connectivity index is 1.34. The Morgan fingerprint density at radius 3 is 2.67 bits per heavy atom. The van der Waals surface area contributed by atoms with Crippen LogP contribution in [0.4, 0.5) is 0 Å². The Morgan fingerprint density at radius 2 is 1.90 bits per heavy atom. The predicted octanol–water partition coefficient (Wildman–Crippen LogP) is 5.78. The number of ether oxygens (including phenoxy) is 1. The third-order valence-electron chi connectivity index (χ3n) is 12.1. The molecule has 2 spiro atoms. The zero-order valence-corrected chi connectivity index (χ0v) is 19.1. The number of hydrogen-bond acceptors (Lipinski definition) is 3. The second-order valence-electron chi connectivity index (χ2n) is 12.4. The van der Waals surface area contributed by atoms with E-state index in [0.29, 0.717) is 46.0 Å². The van der Waals surface area contributed by atoms with E-state index in [1.165, 1.54) is 56.9 Å². The lowest BCUT2D eigenvalue weighted by Crippen LogP contribution is -2.54. The fraction of sp³-hybridized carbons (Fsp3) is 0.889. The van der Waals surface area contributed by atoms with Crippen molar-refractivity contribution in [1.82, 2.24) is 0 Å². The number of aliphatic hydroxyl groups excluding tert-OH is 1. The van der Waals surface area contributed by atoms with Crippen LogP contribution in [0.5, 0.6) is 0 Å². The predicted molar refractivity (Wildman–Crippen MR) is 116 cm³/mol. The van der Waals surface area contributed by atoms with E-state index >= 15 is 0 Å². The van der Waals surface area contributed by atoms with Crippen molar-refractivity contribution in [2.24, 2.45) is 39.4 Å². The number of fused-ring (bicyclic) bond motifs is 4. The summed E-state index contributed by atoms with van der Waals surface area (Å²) in [5.41, 5.74) is 3.14. The van der Waals surface area contributed by atoms with E-state index in [2.05, 4.69) is 32.9 Å². The van der Waals surface area contributed by atoms with E-state index in [-0.39, 0.29) is 12.2 Å². The Kier molecular flexibility index (Phi) is 4.05. The van der Waals surface area contributed by atoms with Gasteiger partial charge in [-0.1, -0.05) is 19.9 Å². The zero-order chi connectivity index (χ0) is 20.9. The van der Waals surface area contributed by atoms with Gasteiger partial charge >= 0.3 is 0 Å². The van der Waals surface area contributed by atoms with E-state index in [9.17, 15) is 10.4 Å². The number of hydrogen-bond donors (Lipinski definition) is 1. The quantitative estimate of drug-likeness (QED) is 0.559. The summed E-state index contributed by atoms with van der Waals surface area (Å²) in [6.45, 7) is 7.40. The highest BCUT2D eigenvalue weighted by Gasteiger charge is 2.81. The van der Waals surface area contributed by atoms with Gasteiger partial charge in [0.2, 0.25) is 0 Å². The Morgan fingerprint density at radius 1 is 1.07 bits per heavy atom. The van der Waals surface area contributed by atoms with Gasteiger partial charge in [0.05, 0.1) is 30.8 Å². The van der Waals surface area contributed by atoms with Crippen LogP contribution in [0.1, 0.15) is 91.4 Å². The maximum atomic E-state index is 10.7. The Bertz CT molecular complexity index is 829.